The second-order valence-electron chi connectivity index (χ2n) is 0.780. The van der Waals surface area contributed by atoms with Crippen LogP contribution in [0.5, 0.6) is 0 Å². The Bertz CT molecular complexity index is 107. The van der Waals surface area contributed by atoms with Crippen LogP contribution in [0.15, 0.2) is 37.1 Å². The minimum atomic E-state index is 1.32. The van der Waals surface area contributed by atoms with Gasteiger partial charge < -0.3 is 4.74 Å². The van der Waals surface area contributed by atoms with Crippen molar-refractivity contribution >= 4 is 0 Å². The third-order valence-electron chi connectivity index (χ3n) is 0.303. The highest BCUT2D eigenvalue weighted by Gasteiger charge is 1.53. The van der Waals surface area contributed by atoms with Crippen molar-refractivity contribution in [1.82, 2.24) is 0 Å². The van der Waals surface area contributed by atoms with Crippen LogP contribution in [0.2, 0.25) is 0 Å². The Morgan fingerprint density at radius 3 is 1.86 bits per heavy atom. The van der Waals surface area contributed by atoms with E-state index in [1.807, 2.05) is 0 Å². The molecule has 0 radical (unpaired) electrons. The zero-order valence-electron chi connectivity index (χ0n) is 3.98. The van der Waals surface area contributed by atoms with Gasteiger partial charge in [-0.15, -0.1) is 0 Å². The van der Waals surface area contributed by atoms with E-state index in [1.165, 1.54) is 12.5 Å². The Kier molecular flexibility index (Phi) is 4.04. The molecule has 0 N–H and O–H groups in total. The first-order valence-electron chi connectivity index (χ1n) is 1.76. The molecule has 0 aliphatic carbocycles. The van der Waals surface area contributed by atoms with Crippen LogP contribution in [0.3, 0.4) is 0 Å². The van der Waals surface area contributed by atoms with E-state index < -0.39 is 0 Å². The van der Waals surface area contributed by atoms with E-state index in [4.69, 9.17) is 0 Å². The Morgan fingerprint density at radius 1 is 1.14 bits per heavy atom. The van der Waals surface area contributed by atoms with Gasteiger partial charge in [0.2, 0.25) is 0 Å². The first-order valence-corrected chi connectivity index (χ1v) is 1.76. The van der Waals surface area contributed by atoms with Gasteiger partial charge in [0.25, 0.3) is 0 Å². The molecule has 7 heavy (non-hydrogen) atoms. The van der Waals surface area contributed by atoms with Crippen LogP contribution >= 0.6 is 0 Å². The van der Waals surface area contributed by atoms with Crippen LogP contribution in [0.4, 0.5) is 0 Å². The second-order valence-corrected chi connectivity index (χ2v) is 0.780. The quantitative estimate of drug-likeness (QED) is 0.373. The fraction of sp³-hybridized carbons (Fsp3) is 0. The summed E-state index contributed by atoms with van der Waals surface area (Å²) in [6, 6.07) is 0. The summed E-state index contributed by atoms with van der Waals surface area (Å²) in [7, 11) is 0. The molecule has 1 heteroatoms. The molecule has 0 heterocycles. The van der Waals surface area contributed by atoms with Gasteiger partial charge in [0.15, 0.2) is 0 Å². The van der Waals surface area contributed by atoms with Gasteiger partial charge in [0.05, 0.1) is 0 Å². The third kappa shape index (κ3) is 4.84. The van der Waals surface area contributed by atoms with Crippen molar-refractivity contribution in [3.63, 3.8) is 0 Å². The van der Waals surface area contributed by atoms with Gasteiger partial charge >= 0.3 is 0 Å². The molecule has 0 aliphatic heterocycles. The Labute approximate surface area is 42.9 Å². The molecule has 0 fully saturated rings. The number of hydrogen-bond donors (Lipinski definition) is 0. The lowest BCUT2D eigenvalue weighted by Gasteiger charge is -1.76. The Hall–Kier alpha value is -1.16. The molecule has 0 atom stereocenters. The van der Waals surface area contributed by atoms with Crippen molar-refractivity contribution < 1.29 is 4.74 Å². The first-order chi connectivity index (χ1) is 3.41. The van der Waals surface area contributed by atoms with Crippen molar-refractivity contribution in [2.24, 2.45) is 0 Å². The van der Waals surface area contributed by atoms with Crippen molar-refractivity contribution in [2.75, 3.05) is 0 Å². The van der Waals surface area contributed by atoms with Crippen molar-refractivity contribution in [3.05, 3.63) is 37.1 Å². The molecule has 1 nitrogen and oxygen atoms in total. The molecule has 0 aromatic carbocycles. The Balaban J connectivity index is 3.33. The highest BCUT2D eigenvalue weighted by molar-refractivity contribution is 4.71. The van der Waals surface area contributed by atoms with E-state index in [9.17, 15) is 0 Å². The topological polar surface area (TPSA) is 9.23 Å². The molecule has 0 saturated carbocycles. The van der Waals surface area contributed by atoms with Crippen LogP contribution < -0.4 is 0 Å². The predicted molar refractivity (Wildman–Crippen MR) is 28.5 cm³/mol. The summed E-state index contributed by atoms with van der Waals surface area (Å²) in [5.41, 5.74) is 4.81. The highest BCUT2D eigenvalue weighted by atomic mass is 16.5. The number of hydrogen-bond acceptors (Lipinski definition) is 1. The van der Waals surface area contributed by atoms with Gasteiger partial charge in [-0.05, 0) is 0 Å². The van der Waals surface area contributed by atoms with Crippen LogP contribution in [0.25, 0.3) is 0 Å². The van der Waals surface area contributed by atoms with Gasteiger partial charge in [0.1, 0.15) is 12.5 Å². The molecule has 0 amide bonds. The van der Waals surface area contributed by atoms with Gasteiger partial charge in [-0.1, -0.05) is 24.6 Å². The molecule has 0 aliphatic rings. The zero-order chi connectivity index (χ0) is 5.54. The predicted octanol–water partition coefficient (Wildman–Crippen LogP) is 1.60. The fourth-order valence-electron chi connectivity index (χ4n) is 0.130. The van der Waals surface area contributed by atoms with Crippen molar-refractivity contribution in [1.29, 1.82) is 0 Å². The third-order valence-corrected chi connectivity index (χ3v) is 0.303. The lowest BCUT2D eigenvalue weighted by atomic mass is 10.9. The minimum Gasteiger partial charge on any atom is -0.456 e. The maximum atomic E-state index is 4.53. The molecule has 0 spiro atoms. The van der Waals surface area contributed by atoms with E-state index in [0.717, 1.165) is 0 Å². The SMILES string of the molecule is C=C=COC=C=C. The molecule has 0 bridgehead atoms. The number of rotatable bonds is 2. The summed E-state index contributed by atoms with van der Waals surface area (Å²) in [5.74, 6) is 0. The zero-order valence-corrected chi connectivity index (χ0v) is 3.98. The summed E-state index contributed by atoms with van der Waals surface area (Å²) >= 11 is 0. The first kappa shape index (κ1) is 5.84. The molecule has 0 rings (SSSR count). The summed E-state index contributed by atoms with van der Waals surface area (Å²) in [6.07, 6.45) is 2.64. The normalized spacial score (nSPS) is 5.14. The highest BCUT2D eigenvalue weighted by Crippen LogP contribution is 1.70. The van der Waals surface area contributed by atoms with Crippen LogP contribution in [0.1, 0.15) is 0 Å². The monoisotopic (exact) mass is 94.0 g/mol. The summed E-state index contributed by atoms with van der Waals surface area (Å²) in [5, 5.41) is 0. The Morgan fingerprint density at radius 2 is 1.57 bits per heavy atom. The molecule has 0 aromatic heterocycles. The van der Waals surface area contributed by atoms with E-state index in [2.05, 4.69) is 29.4 Å². The molecule has 36 valence electrons. The van der Waals surface area contributed by atoms with Gasteiger partial charge in [0, 0.05) is 0 Å². The van der Waals surface area contributed by atoms with E-state index in [1.54, 1.807) is 0 Å². The number of ether oxygens (including phenoxy) is 1. The lowest BCUT2D eigenvalue weighted by molar-refractivity contribution is 0.405. The lowest BCUT2D eigenvalue weighted by Crippen LogP contribution is -1.55. The standard InChI is InChI=1S/C6H6O/c1-3-5-7-6-4-2/h5-6H,1-2H2. The maximum Gasteiger partial charge on any atom is 0.133 e. The molecular weight excluding hydrogens is 88.1 g/mol. The minimum absolute atomic E-state index is 1.32. The van der Waals surface area contributed by atoms with E-state index >= 15 is 0 Å². The van der Waals surface area contributed by atoms with Crippen LogP contribution in [-0.4, -0.2) is 0 Å². The van der Waals surface area contributed by atoms with E-state index in [-0.39, 0.29) is 0 Å². The maximum absolute atomic E-state index is 4.53. The average Bonchev–Trinajstić information content (AvgIpc) is 1.69. The van der Waals surface area contributed by atoms with Gasteiger partial charge in [-0.2, -0.15) is 0 Å². The van der Waals surface area contributed by atoms with Crippen LogP contribution in [-0.2, 0) is 4.74 Å². The van der Waals surface area contributed by atoms with Gasteiger partial charge in [-0.3, -0.25) is 0 Å². The molecular formula is C6H6O. The molecule has 0 aromatic rings. The van der Waals surface area contributed by atoms with Crippen molar-refractivity contribution in [2.45, 2.75) is 0 Å². The smallest absolute Gasteiger partial charge is 0.133 e. The van der Waals surface area contributed by atoms with E-state index in [0.29, 0.717) is 0 Å². The average molecular weight is 94.1 g/mol. The molecule has 0 unspecified atom stereocenters. The molecule has 0 saturated heterocycles. The second kappa shape index (κ2) is 4.84. The summed E-state index contributed by atoms with van der Waals surface area (Å²) in [6.45, 7) is 6.52. The fourth-order valence-corrected chi connectivity index (χ4v) is 0.130. The largest absolute Gasteiger partial charge is 0.456 e. The van der Waals surface area contributed by atoms with Crippen LogP contribution in [0, 0.1) is 0 Å². The van der Waals surface area contributed by atoms with Crippen molar-refractivity contribution in [3.8, 4) is 0 Å². The summed E-state index contributed by atoms with van der Waals surface area (Å²) in [4.78, 5) is 0. The van der Waals surface area contributed by atoms with Gasteiger partial charge in [-0.25, -0.2) is 0 Å². The summed E-state index contributed by atoms with van der Waals surface area (Å²) < 4.78 is 4.53.